The van der Waals surface area contributed by atoms with E-state index >= 15 is 0 Å². The average Bonchev–Trinajstić information content (AvgIpc) is 3.09. The van der Waals surface area contributed by atoms with Crippen molar-refractivity contribution in [2.45, 2.75) is 38.3 Å². The van der Waals surface area contributed by atoms with Crippen LogP contribution >= 0.6 is 0 Å². The second kappa shape index (κ2) is 8.29. The molecule has 0 unspecified atom stereocenters. The number of likely N-dealkylation sites (tertiary alicyclic amines) is 1. The predicted octanol–water partition coefficient (Wildman–Crippen LogP) is -2.28. The zero-order chi connectivity index (χ0) is 22.2. The van der Waals surface area contributed by atoms with Crippen LogP contribution < -0.4 is 15.2 Å². The van der Waals surface area contributed by atoms with E-state index in [9.17, 15) is 24.7 Å². The highest BCUT2D eigenvalue weighted by Gasteiger charge is 2.34. The van der Waals surface area contributed by atoms with Crippen LogP contribution in [0.15, 0.2) is 18.3 Å². The minimum absolute atomic E-state index is 0.0596. The standard InChI is InChI=1S/C19H25BN5O6/c1-21-7-13-8-22-23-25(13)11-17(26)24-9-14(10-24)31-16-3-2-12-4-5-20(29,30)6-15(12)18(16)19(27)28/h2-3,8,14,21,29-30H,4-7,9-11H2,1H3,(H,27,28)/q-1/p-1. The number of carboxylic acids is 1. The van der Waals surface area contributed by atoms with Gasteiger partial charge >= 0.3 is 0 Å². The van der Waals surface area contributed by atoms with Gasteiger partial charge in [-0.25, -0.2) is 4.68 Å². The van der Waals surface area contributed by atoms with Gasteiger partial charge < -0.3 is 34.9 Å². The molecule has 0 spiro atoms. The summed E-state index contributed by atoms with van der Waals surface area (Å²) in [5, 5.41) is 42.6. The minimum Gasteiger partial charge on any atom is -0.583 e. The van der Waals surface area contributed by atoms with Crippen molar-refractivity contribution in [3.63, 3.8) is 0 Å². The molecular weight excluding hydrogens is 405 g/mol. The SMILES string of the molecule is CNCc1cnnn1CC(=O)N1CC(Oc2ccc3c(c2C(=O)[O-])C[B-](O)(O)CC3)C1. The molecule has 3 N–H and O–H groups in total. The first kappa shape index (κ1) is 21.3. The number of carbonyl (C=O) groups excluding carboxylic acids is 2. The third-order valence-corrected chi connectivity index (χ3v) is 5.82. The molecule has 31 heavy (non-hydrogen) atoms. The van der Waals surface area contributed by atoms with E-state index in [2.05, 4.69) is 15.6 Å². The molecule has 2 aliphatic heterocycles. The molecule has 1 amide bonds. The fourth-order valence-corrected chi connectivity index (χ4v) is 4.13. The van der Waals surface area contributed by atoms with Gasteiger partial charge in [-0.1, -0.05) is 23.3 Å². The largest absolute Gasteiger partial charge is 0.583 e. The molecule has 11 nitrogen and oxygen atoms in total. The Morgan fingerprint density at radius 1 is 1.35 bits per heavy atom. The van der Waals surface area contributed by atoms with Crippen molar-refractivity contribution >= 4 is 18.4 Å². The maximum absolute atomic E-state index is 12.5. The second-order valence-electron chi connectivity index (χ2n) is 8.19. The number of ether oxygens (including phenoxy) is 1. The quantitative estimate of drug-likeness (QED) is 0.413. The molecule has 1 aromatic heterocycles. The Kier molecular flexibility index (Phi) is 5.69. The topological polar surface area (TPSA) is 153 Å². The molecule has 0 saturated carbocycles. The van der Waals surface area contributed by atoms with Gasteiger partial charge in [0.05, 0.1) is 30.9 Å². The van der Waals surface area contributed by atoms with E-state index < -0.39 is 12.5 Å². The first-order chi connectivity index (χ1) is 14.8. The summed E-state index contributed by atoms with van der Waals surface area (Å²) in [7, 11) is 1.79. The molecule has 1 fully saturated rings. The average molecular weight is 429 g/mol. The lowest BCUT2D eigenvalue weighted by Gasteiger charge is -2.40. The van der Waals surface area contributed by atoms with Crippen molar-refractivity contribution in [2.75, 3.05) is 20.1 Å². The highest BCUT2D eigenvalue weighted by atomic mass is 16.5. The zero-order valence-electron chi connectivity index (χ0n) is 17.2. The number of benzene rings is 1. The number of aromatic nitrogens is 3. The van der Waals surface area contributed by atoms with Crippen LogP contribution in [0.5, 0.6) is 5.75 Å². The molecule has 166 valence electrons. The lowest BCUT2D eigenvalue weighted by molar-refractivity contribution is -0.255. The molecule has 12 heteroatoms. The summed E-state index contributed by atoms with van der Waals surface area (Å²) in [4.78, 5) is 25.9. The van der Waals surface area contributed by atoms with Crippen molar-refractivity contribution in [3.8, 4) is 5.75 Å². The van der Waals surface area contributed by atoms with Gasteiger partial charge in [0.1, 0.15) is 18.4 Å². The van der Waals surface area contributed by atoms with Gasteiger partial charge in [0, 0.05) is 12.1 Å². The normalized spacial score (nSPS) is 17.7. The van der Waals surface area contributed by atoms with Crippen LogP contribution in [0.2, 0.25) is 6.32 Å². The monoisotopic (exact) mass is 429 g/mol. The van der Waals surface area contributed by atoms with Crippen molar-refractivity contribution in [3.05, 3.63) is 40.7 Å². The summed E-state index contributed by atoms with van der Waals surface area (Å²) in [6.45, 7) is -1.41. The van der Waals surface area contributed by atoms with Crippen LogP contribution in [0.1, 0.15) is 27.2 Å². The predicted molar refractivity (Wildman–Crippen MR) is 107 cm³/mol. The molecule has 0 radical (unpaired) electrons. The first-order valence-electron chi connectivity index (χ1n) is 10.2. The summed E-state index contributed by atoms with van der Waals surface area (Å²) in [6.07, 6.45) is 1.67. The van der Waals surface area contributed by atoms with Gasteiger partial charge in [-0.2, -0.15) is 0 Å². The summed E-state index contributed by atoms with van der Waals surface area (Å²) in [5.41, 5.74) is 1.75. The fraction of sp³-hybridized carbons (Fsp3) is 0.474. The maximum atomic E-state index is 12.5. The van der Waals surface area contributed by atoms with Crippen molar-refractivity contribution in [1.82, 2.24) is 25.2 Å². The summed E-state index contributed by atoms with van der Waals surface area (Å²) < 4.78 is 7.37. The Balaban J connectivity index is 1.41. The third kappa shape index (κ3) is 4.41. The summed E-state index contributed by atoms with van der Waals surface area (Å²) in [6, 6.07) is 3.32. The van der Waals surface area contributed by atoms with Crippen LogP contribution in [0.3, 0.4) is 0 Å². The number of nitrogens with zero attached hydrogens (tertiary/aromatic N) is 4. The molecule has 4 rings (SSSR count). The molecule has 0 bridgehead atoms. The number of hydrogen-bond acceptors (Lipinski definition) is 9. The molecule has 0 aliphatic carbocycles. The van der Waals surface area contributed by atoms with E-state index in [4.69, 9.17) is 4.74 Å². The van der Waals surface area contributed by atoms with E-state index in [0.29, 0.717) is 31.6 Å². The van der Waals surface area contributed by atoms with Crippen LogP contribution in [-0.4, -0.2) is 74.6 Å². The van der Waals surface area contributed by atoms with Crippen molar-refractivity contribution in [1.29, 1.82) is 0 Å². The van der Waals surface area contributed by atoms with Gasteiger partial charge in [-0.3, -0.25) is 4.79 Å². The Hall–Kier alpha value is -2.96. The Bertz CT molecular complexity index is 1000. The van der Waals surface area contributed by atoms with E-state index in [1.165, 1.54) is 4.68 Å². The van der Waals surface area contributed by atoms with E-state index in [-0.39, 0.29) is 42.5 Å². The lowest BCUT2D eigenvalue weighted by Crippen LogP contribution is -2.57. The molecule has 2 aliphatic rings. The number of carboxylic acid groups (broad SMARTS) is 1. The van der Waals surface area contributed by atoms with Gasteiger partial charge in [0.15, 0.2) is 0 Å². The molecule has 3 heterocycles. The smallest absolute Gasteiger partial charge is 0.244 e. The van der Waals surface area contributed by atoms with Crippen molar-refractivity contribution in [2.24, 2.45) is 0 Å². The zero-order valence-corrected chi connectivity index (χ0v) is 17.2. The third-order valence-electron chi connectivity index (χ3n) is 5.82. The maximum Gasteiger partial charge on any atom is 0.244 e. The van der Waals surface area contributed by atoms with Crippen LogP contribution in [0, 0.1) is 0 Å². The van der Waals surface area contributed by atoms with Gasteiger partial charge in [0.2, 0.25) is 12.5 Å². The molecular formula is C19H24BN5O6-2. The molecule has 1 saturated heterocycles. The van der Waals surface area contributed by atoms with Crippen LogP contribution in [0.4, 0.5) is 0 Å². The number of aromatic carboxylic acids is 1. The van der Waals surface area contributed by atoms with Gasteiger partial charge in [0.25, 0.3) is 0 Å². The molecule has 2 aromatic rings. The van der Waals surface area contributed by atoms with Gasteiger partial charge in [-0.15, -0.1) is 17.7 Å². The summed E-state index contributed by atoms with van der Waals surface area (Å²) >= 11 is 0. The Morgan fingerprint density at radius 2 is 2.13 bits per heavy atom. The lowest BCUT2D eigenvalue weighted by atomic mass is 9.47. The first-order valence-corrected chi connectivity index (χ1v) is 10.2. The van der Waals surface area contributed by atoms with E-state index in [0.717, 1.165) is 11.3 Å². The number of amides is 1. The highest BCUT2D eigenvalue weighted by molar-refractivity contribution is 6.64. The fourth-order valence-electron chi connectivity index (χ4n) is 4.13. The Labute approximate surface area is 178 Å². The molecule has 1 aromatic carbocycles. The second-order valence-corrected chi connectivity index (χ2v) is 8.19. The molecule has 0 atom stereocenters. The van der Waals surface area contributed by atoms with Crippen LogP contribution in [0.25, 0.3) is 0 Å². The minimum atomic E-state index is -2.63. The number of rotatable bonds is 7. The van der Waals surface area contributed by atoms with Crippen molar-refractivity contribution < 1.29 is 29.5 Å². The number of fused-ring (bicyclic) bond motifs is 1. The Morgan fingerprint density at radius 3 is 2.84 bits per heavy atom. The van der Waals surface area contributed by atoms with Gasteiger partial charge in [-0.05, 0) is 18.7 Å². The number of aryl methyl sites for hydroxylation is 1. The highest BCUT2D eigenvalue weighted by Crippen LogP contribution is 2.34. The van der Waals surface area contributed by atoms with Crippen LogP contribution in [-0.2, 0) is 30.6 Å². The van der Waals surface area contributed by atoms with E-state index in [1.54, 1.807) is 30.3 Å². The number of carbonyl (C=O) groups is 2. The van der Waals surface area contributed by atoms with E-state index in [1.807, 2.05) is 0 Å². The number of nitrogens with one attached hydrogen (secondary N) is 1. The summed E-state index contributed by atoms with van der Waals surface area (Å²) in [5.74, 6) is -1.44. The number of hydrogen-bond donors (Lipinski definition) is 3.